The highest BCUT2D eigenvalue weighted by Gasteiger charge is 2.15. The smallest absolute Gasteiger partial charge is 0.255 e. The summed E-state index contributed by atoms with van der Waals surface area (Å²) in [6.07, 6.45) is 3.29. The van der Waals surface area contributed by atoms with Gasteiger partial charge in [-0.25, -0.2) is 19.3 Å². The zero-order valence-corrected chi connectivity index (χ0v) is 22.3. The molecular formula is C31H27FN6O3. The second-order valence-electron chi connectivity index (χ2n) is 9.55. The molecule has 5 aromatic rings. The molecule has 1 saturated heterocycles. The summed E-state index contributed by atoms with van der Waals surface area (Å²) < 4.78 is 25.4. The molecule has 1 amide bonds. The predicted octanol–water partition coefficient (Wildman–Crippen LogP) is 6.10. The molecule has 1 aliphatic heterocycles. The predicted molar refractivity (Wildman–Crippen MR) is 156 cm³/mol. The number of carbonyl (C=O) groups excluding carboxylic acids is 1. The molecule has 0 radical (unpaired) electrons. The fourth-order valence-electron chi connectivity index (χ4n) is 4.55. The van der Waals surface area contributed by atoms with Gasteiger partial charge in [0.25, 0.3) is 5.91 Å². The molecule has 0 unspecified atom stereocenters. The maximum absolute atomic E-state index is 13.9. The van der Waals surface area contributed by atoms with Crippen molar-refractivity contribution in [1.29, 1.82) is 0 Å². The van der Waals surface area contributed by atoms with Crippen LogP contribution >= 0.6 is 0 Å². The minimum Gasteiger partial charge on any atom is -0.457 e. The van der Waals surface area contributed by atoms with Gasteiger partial charge in [0.1, 0.15) is 35.3 Å². The van der Waals surface area contributed by atoms with Crippen molar-refractivity contribution in [1.82, 2.24) is 15.0 Å². The number of aromatic nitrogens is 3. The van der Waals surface area contributed by atoms with Gasteiger partial charge in [-0.15, -0.1) is 0 Å². The molecule has 1 fully saturated rings. The van der Waals surface area contributed by atoms with Crippen molar-refractivity contribution in [3.63, 3.8) is 0 Å². The van der Waals surface area contributed by atoms with Crippen molar-refractivity contribution in [3.05, 3.63) is 102 Å². The lowest BCUT2D eigenvalue weighted by molar-refractivity contribution is 0.102. The van der Waals surface area contributed by atoms with E-state index in [9.17, 15) is 9.18 Å². The number of hydrogen-bond donors (Lipinski definition) is 2. The maximum atomic E-state index is 13.9. The monoisotopic (exact) mass is 550 g/mol. The van der Waals surface area contributed by atoms with Crippen LogP contribution in [0.1, 0.15) is 15.9 Å². The summed E-state index contributed by atoms with van der Waals surface area (Å²) in [7, 11) is 0. The highest BCUT2D eigenvalue weighted by Crippen LogP contribution is 2.31. The Kier molecular flexibility index (Phi) is 7.38. The van der Waals surface area contributed by atoms with Crippen LogP contribution in [0.25, 0.3) is 10.9 Å². The van der Waals surface area contributed by atoms with E-state index in [-0.39, 0.29) is 5.69 Å². The Morgan fingerprint density at radius 1 is 0.976 bits per heavy atom. The first-order chi connectivity index (χ1) is 20.0. The largest absolute Gasteiger partial charge is 0.457 e. The number of rotatable bonds is 7. The zero-order valence-electron chi connectivity index (χ0n) is 22.3. The normalized spacial score (nSPS) is 13.2. The number of carbonyl (C=O) groups is 1. The van der Waals surface area contributed by atoms with Gasteiger partial charge in [0, 0.05) is 29.7 Å². The second-order valence-corrected chi connectivity index (χ2v) is 9.55. The minimum atomic E-state index is -0.489. The highest BCUT2D eigenvalue weighted by atomic mass is 19.1. The summed E-state index contributed by atoms with van der Waals surface area (Å²) in [5.74, 6) is 1.90. The Bertz CT molecular complexity index is 1710. The first-order valence-corrected chi connectivity index (χ1v) is 13.2. The number of anilines is 4. The Labute approximate surface area is 236 Å². The van der Waals surface area contributed by atoms with Gasteiger partial charge in [-0.1, -0.05) is 12.1 Å². The van der Waals surface area contributed by atoms with E-state index in [1.54, 1.807) is 42.6 Å². The number of benzene rings is 3. The van der Waals surface area contributed by atoms with Gasteiger partial charge in [-0.05, 0) is 73.2 Å². The van der Waals surface area contributed by atoms with Gasteiger partial charge in [0.05, 0.1) is 30.6 Å². The number of halogens is 1. The molecule has 206 valence electrons. The van der Waals surface area contributed by atoms with E-state index in [0.29, 0.717) is 36.1 Å². The van der Waals surface area contributed by atoms with Crippen LogP contribution in [0.2, 0.25) is 0 Å². The molecule has 1 aliphatic rings. The lowest BCUT2D eigenvalue weighted by atomic mass is 10.1. The summed E-state index contributed by atoms with van der Waals surface area (Å²) in [6, 6.07) is 20.5. The quantitative estimate of drug-likeness (QED) is 0.251. The highest BCUT2D eigenvalue weighted by molar-refractivity contribution is 6.04. The first kappa shape index (κ1) is 26.1. The third kappa shape index (κ3) is 5.92. The molecule has 2 N–H and O–H groups in total. The van der Waals surface area contributed by atoms with Crippen molar-refractivity contribution in [2.75, 3.05) is 41.8 Å². The van der Waals surface area contributed by atoms with Crippen LogP contribution in [-0.4, -0.2) is 47.2 Å². The standard InChI is InChI=1S/C31H27FN6O3/c1-20-16-22(36-30-24-17-29(38-12-14-40-15-13-38)33-18-27(24)34-19-35-30)8-11-28(20)41-23-9-6-21(7-10-23)31(39)37-26-5-3-2-4-25(26)32/h2-11,16-19H,12-15H2,1H3,(H,37,39)(H,34,35,36). The van der Waals surface area contributed by atoms with Gasteiger partial charge in [0.2, 0.25) is 0 Å². The van der Waals surface area contributed by atoms with Gasteiger partial charge < -0.3 is 25.0 Å². The lowest BCUT2D eigenvalue weighted by Crippen LogP contribution is -2.36. The minimum absolute atomic E-state index is 0.131. The Hall–Kier alpha value is -5.09. The van der Waals surface area contributed by atoms with E-state index >= 15 is 0 Å². The molecule has 0 atom stereocenters. The van der Waals surface area contributed by atoms with Crippen LogP contribution in [0, 0.1) is 12.7 Å². The molecule has 0 bridgehead atoms. The summed E-state index contributed by atoms with van der Waals surface area (Å²) in [6.45, 7) is 4.89. The lowest BCUT2D eigenvalue weighted by Gasteiger charge is -2.27. The molecule has 0 spiro atoms. The van der Waals surface area contributed by atoms with Crippen molar-refractivity contribution in [3.8, 4) is 11.5 Å². The number of fused-ring (bicyclic) bond motifs is 1. The molecule has 2 aromatic heterocycles. The fourth-order valence-corrected chi connectivity index (χ4v) is 4.55. The van der Waals surface area contributed by atoms with Crippen molar-refractivity contribution in [2.24, 2.45) is 0 Å². The van der Waals surface area contributed by atoms with Crippen molar-refractivity contribution >= 4 is 39.8 Å². The fraction of sp³-hybridized carbons (Fsp3) is 0.161. The summed E-state index contributed by atoms with van der Waals surface area (Å²) in [4.78, 5) is 28.1. The van der Waals surface area contributed by atoms with E-state index in [2.05, 4.69) is 30.5 Å². The molecule has 0 saturated carbocycles. The van der Waals surface area contributed by atoms with E-state index in [1.807, 2.05) is 31.2 Å². The van der Waals surface area contributed by atoms with E-state index < -0.39 is 11.7 Å². The molecule has 3 heterocycles. The first-order valence-electron chi connectivity index (χ1n) is 13.2. The molecule has 6 rings (SSSR count). The summed E-state index contributed by atoms with van der Waals surface area (Å²) in [5.41, 5.74) is 3.03. The van der Waals surface area contributed by atoms with Gasteiger partial charge >= 0.3 is 0 Å². The number of para-hydroxylation sites is 1. The van der Waals surface area contributed by atoms with Crippen LogP contribution < -0.4 is 20.3 Å². The third-order valence-electron chi connectivity index (χ3n) is 6.75. The maximum Gasteiger partial charge on any atom is 0.255 e. The van der Waals surface area contributed by atoms with Crippen LogP contribution in [0.5, 0.6) is 11.5 Å². The average molecular weight is 551 g/mol. The van der Waals surface area contributed by atoms with E-state index in [0.717, 1.165) is 41.1 Å². The van der Waals surface area contributed by atoms with Gasteiger partial charge in [-0.3, -0.25) is 4.79 Å². The Morgan fingerprint density at radius 2 is 1.78 bits per heavy atom. The number of nitrogens with zero attached hydrogens (tertiary/aromatic N) is 4. The summed E-state index contributed by atoms with van der Waals surface area (Å²) >= 11 is 0. The number of ether oxygens (including phenoxy) is 2. The topological polar surface area (TPSA) is 102 Å². The zero-order chi connectivity index (χ0) is 28.2. The second kappa shape index (κ2) is 11.6. The van der Waals surface area contributed by atoms with E-state index in [1.165, 1.54) is 18.5 Å². The van der Waals surface area contributed by atoms with Crippen LogP contribution in [0.4, 0.5) is 27.4 Å². The van der Waals surface area contributed by atoms with Crippen molar-refractivity contribution in [2.45, 2.75) is 6.92 Å². The number of nitrogens with one attached hydrogen (secondary N) is 2. The number of pyridine rings is 1. The number of morpholine rings is 1. The van der Waals surface area contributed by atoms with E-state index in [4.69, 9.17) is 9.47 Å². The number of hydrogen-bond acceptors (Lipinski definition) is 8. The number of amides is 1. The molecule has 3 aromatic carbocycles. The van der Waals surface area contributed by atoms with Crippen LogP contribution in [0.3, 0.4) is 0 Å². The SMILES string of the molecule is Cc1cc(Nc2ncnc3cnc(N4CCOCC4)cc23)ccc1Oc1ccc(C(=O)Nc2ccccc2F)cc1. The molecule has 10 heteroatoms. The molecule has 0 aliphatic carbocycles. The van der Waals surface area contributed by atoms with Gasteiger partial charge in [-0.2, -0.15) is 0 Å². The van der Waals surface area contributed by atoms with Crippen LogP contribution in [0.15, 0.2) is 85.3 Å². The molecular weight excluding hydrogens is 523 g/mol. The Balaban J connectivity index is 1.15. The summed E-state index contributed by atoms with van der Waals surface area (Å²) in [5, 5.41) is 6.86. The van der Waals surface area contributed by atoms with Gasteiger partial charge in [0.15, 0.2) is 0 Å². The van der Waals surface area contributed by atoms with Crippen molar-refractivity contribution < 1.29 is 18.7 Å². The third-order valence-corrected chi connectivity index (χ3v) is 6.75. The Morgan fingerprint density at radius 3 is 2.56 bits per heavy atom. The average Bonchev–Trinajstić information content (AvgIpc) is 3.00. The number of aryl methyl sites for hydroxylation is 1. The van der Waals surface area contributed by atoms with Crippen LogP contribution in [-0.2, 0) is 4.74 Å². The molecule has 9 nitrogen and oxygen atoms in total. The molecule has 41 heavy (non-hydrogen) atoms.